The lowest BCUT2D eigenvalue weighted by molar-refractivity contribution is 0.253. The van der Waals surface area contributed by atoms with Gasteiger partial charge in [0, 0.05) is 25.3 Å². The molecule has 0 amide bonds. The fraction of sp³-hybridized carbons (Fsp3) is 0.667. The number of benzene rings is 1. The van der Waals surface area contributed by atoms with Crippen molar-refractivity contribution in [3.05, 3.63) is 29.3 Å². The predicted molar refractivity (Wildman–Crippen MR) is 92.1 cm³/mol. The van der Waals surface area contributed by atoms with Crippen molar-refractivity contribution in [2.45, 2.75) is 45.7 Å². The lowest BCUT2D eigenvalue weighted by atomic mass is 10.0. The first-order valence-electron chi connectivity index (χ1n) is 8.33. The highest BCUT2D eigenvalue weighted by molar-refractivity contribution is 5.54. The Kier molecular flexibility index (Phi) is 6.07. The van der Waals surface area contributed by atoms with Gasteiger partial charge in [-0.1, -0.05) is 19.1 Å². The molecule has 0 saturated carbocycles. The molecule has 3 nitrogen and oxygen atoms in total. The molecule has 0 atom stereocenters. The molecule has 0 unspecified atom stereocenters. The van der Waals surface area contributed by atoms with Crippen LogP contribution in [-0.2, 0) is 6.54 Å². The normalized spacial score (nSPS) is 17.1. The molecular formula is C18H31N3. The van der Waals surface area contributed by atoms with Gasteiger partial charge in [-0.2, -0.15) is 0 Å². The third-order valence-corrected chi connectivity index (χ3v) is 4.63. The van der Waals surface area contributed by atoms with Crippen molar-refractivity contribution in [3.63, 3.8) is 0 Å². The average Bonchev–Trinajstić information content (AvgIpc) is 2.48. The highest BCUT2D eigenvalue weighted by Crippen LogP contribution is 2.25. The third-order valence-electron chi connectivity index (χ3n) is 4.63. The summed E-state index contributed by atoms with van der Waals surface area (Å²) in [6, 6.07) is 7.60. The Morgan fingerprint density at radius 1 is 1.29 bits per heavy atom. The van der Waals surface area contributed by atoms with Crippen LogP contribution in [0.5, 0.6) is 0 Å². The van der Waals surface area contributed by atoms with Crippen LogP contribution in [0.1, 0.15) is 37.3 Å². The van der Waals surface area contributed by atoms with Crippen molar-refractivity contribution in [2.24, 2.45) is 0 Å². The summed E-state index contributed by atoms with van der Waals surface area (Å²) < 4.78 is 0. The molecule has 2 rings (SSSR count). The van der Waals surface area contributed by atoms with Crippen molar-refractivity contribution < 1.29 is 0 Å². The molecule has 1 aromatic rings. The van der Waals surface area contributed by atoms with E-state index in [0.717, 1.165) is 13.1 Å². The van der Waals surface area contributed by atoms with Crippen LogP contribution in [0, 0.1) is 6.92 Å². The van der Waals surface area contributed by atoms with Gasteiger partial charge in [0.25, 0.3) is 0 Å². The Morgan fingerprint density at radius 3 is 2.62 bits per heavy atom. The lowest BCUT2D eigenvalue weighted by Gasteiger charge is -2.37. The average molecular weight is 289 g/mol. The van der Waals surface area contributed by atoms with Crippen LogP contribution >= 0.6 is 0 Å². The van der Waals surface area contributed by atoms with Gasteiger partial charge in [-0.3, -0.25) is 0 Å². The monoisotopic (exact) mass is 289 g/mol. The molecule has 1 saturated heterocycles. The maximum atomic E-state index is 3.48. The molecule has 1 heterocycles. The highest BCUT2D eigenvalue weighted by Gasteiger charge is 2.21. The van der Waals surface area contributed by atoms with E-state index in [1.807, 2.05) is 0 Å². The van der Waals surface area contributed by atoms with Gasteiger partial charge in [0.15, 0.2) is 0 Å². The number of rotatable bonds is 6. The molecule has 0 aromatic heterocycles. The predicted octanol–water partition coefficient (Wildman–Crippen LogP) is 3.03. The zero-order valence-corrected chi connectivity index (χ0v) is 14.2. The number of hydrogen-bond donors (Lipinski definition) is 1. The molecule has 3 heteroatoms. The lowest BCUT2D eigenvalue weighted by Crippen LogP contribution is -2.42. The first-order chi connectivity index (χ1) is 10.1. The van der Waals surface area contributed by atoms with E-state index in [9.17, 15) is 0 Å². The topological polar surface area (TPSA) is 18.5 Å². The van der Waals surface area contributed by atoms with E-state index in [2.05, 4.69) is 61.3 Å². The first-order valence-corrected chi connectivity index (χ1v) is 8.33. The minimum absolute atomic E-state index is 0.684. The zero-order chi connectivity index (χ0) is 15.2. The van der Waals surface area contributed by atoms with Crippen molar-refractivity contribution in [3.8, 4) is 0 Å². The molecular weight excluding hydrogens is 258 g/mol. The van der Waals surface area contributed by atoms with Crippen LogP contribution in [0.3, 0.4) is 0 Å². The maximum Gasteiger partial charge on any atom is 0.0396 e. The summed E-state index contributed by atoms with van der Waals surface area (Å²) >= 11 is 0. The van der Waals surface area contributed by atoms with Gasteiger partial charge in [0.2, 0.25) is 0 Å². The zero-order valence-electron chi connectivity index (χ0n) is 14.2. The van der Waals surface area contributed by atoms with Crippen LogP contribution in [0.4, 0.5) is 5.69 Å². The first kappa shape index (κ1) is 16.3. The summed E-state index contributed by atoms with van der Waals surface area (Å²) in [7, 11) is 4.48. The van der Waals surface area contributed by atoms with Gasteiger partial charge in [-0.15, -0.1) is 0 Å². The molecule has 21 heavy (non-hydrogen) atoms. The second-order valence-corrected chi connectivity index (χ2v) is 6.44. The van der Waals surface area contributed by atoms with Crippen molar-refractivity contribution in [1.29, 1.82) is 0 Å². The fourth-order valence-electron chi connectivity index (χ4n) is 3.21. The quantitative estimate of drug-likeness (QED) is 0.812. The van der Waals surface area contributed by atoms with E-state index in [1.165, 1.54) is 49.2 Å². The third kappa shape index (κ3) is 4.45. The summed E-state index contributed by atoms with van der Waals surface area (Å²) in [6.45, 7) is 8.95. The number of hydrogen-bond acceptors (Lipinski definition) is 3. The molecule has 118 valence electrons. The summed E-state index contributed by atoms with van der Waals surface area (Å²) in [4.78, 5) is 4.92. The second kappa shape index (κ2) is 7.81. The minimum Gasteiger partial charge on any atom is -0.371 e. The largest absolute Gasteiger partial charge is 0.371 e. The van der Waals surface area contributed by atoms with Crippen molar-refractivity contribution in [1.82, 2.24) is 10.2 Å². The number of nitrogens with one attached hydrogen (secondary N) is 1. The summed E-state index contributed by atoms with van der Waals surface area (Å²) in [6.07, 6.45) is 3.73. The molecule has 0 spiro atoms. The Morgan fingerprint density at radius 2 is 2.00 bits per heavy atom. The van der Waals surface area contributed by atoms with Gasteiger partial charge >= 0.3 is 0 Å². The van der Waals surface area contributed by atoms with E-state index >= 15 is 0 Å². The Bertz CT molecular complexity index is 436. The number of likely N-dealkylation sites (tertiary alicyclic amines) is 1. The van der Waals surface area contributed by atoms with E-state index < -0.39 is 0 Å². The van der Waals surface area contributed by atoms with E-state index in [4.69, 9.17) is 0 Å². The number of piperidine rings is 1. The smallest absolute Gasteiger partial charge is 0.0396 e. The standard InChI is InChI=1S/C18H31N3/c1-5-10-19-14-16-6-7-18(15(2)13-16)21(4)17-8-11-20(3)12-9-17/h6-7,13,17,19H,5,8-12,14H2,1-4H3. The molecule has 1 aliphatic heterocycles. The summed E-state index contributed by atoms with van der Waals surface area (Å²) in [5.41, 5.74) is 4.18. The van der Waals surface area contributed by atoms with Crippen LogP contribution in [-0.4, -0.2) is 44.7 Å². The Balaban J connectivity index is 1.99. The Labute approximate surface area is 130 Å². The van der Waals surface area contributed by atoms with Crippen LogP contribution in [0.15, 0.2) is 18.2 Å². The van der Waals surface area contributed by atoms with Gasteiger partial charge in [-0.05, 0) is 70.1 Å². The summed E-state index contributed by atoms with van der Waals surface area (Å²) in [5.74, 6) is 0. The van der Waals surface area contributed by atoms with Crippen molar-refractivity contribution >= 4 is 5.69 Å². The molecule has 1 N–H and O–H groups in total. The van der Waals surface area contributed by atoms with Gasteiger partial charge in [0.05, 0.1) is 0 Å². The molecule has 0 aliphatic carbocycles. The van der Waals surface area contributed by atoms with Gasteiger partial charge in [0.1, 0.15) is 0 Å². The second-order valence-electron chi connectivity index (χ2n) is 6.44. The molecule has 0 bridgehead atoms. The van der Waals surface area contributed by atoms with E-state index in [-0.39, 0.29) is 0 Å². The fourth-order valence-corrected chi connectivity index (χ4v) is 3.21. The summed E-state index contributed by atoms with van der Waals surface area (Å²) in [5, 5.41) is 3.48. The maximum absolute atomic E-state index is 3.48. The van der Waals surface area contributed by atoms with Crippen molar-refractivity contribution in [2.75, 3.05) is 38.6 Å². The number of nitrogens with zero attached hydrogens (tertiary/aromatic N) is 2. The van der Waals surface area contributed by atoms with Crippen LogP contribution < -0.4 is 10.2 Å². The van der Waals surface area contributed by atoms with E-state index in [0.29, 0.717) is 6.04 Å². The van der Waals surface area contributed by atoms with Gasteiger partial charge in [-0.25, -0.2) is 0 Å². The Hall–Kier alpha value is -1.06. The molecule has 0 radical (unpaired) electrons. The highest BCUT2D eigenvalue weighted by atomic mass is 15.2. The SMILES string of the molecule is CCCNCc1ccc(N(C)C2CCN(C)CC2)c(C)c1. The number of aryl methyl sites for hydroxylation is 1. The van der Waals surface area contributed by atoms with E-state index in [1.54, 1.807) is 0 Å². The number of anilines is 1. The van der Waals surface area contributed by atoms with Crippen LogP contribution in [0.25, 0.3) is 0 Å². The van der Waals surface area contributed by atoms with Gasteiger partial charge < -0.3 is 15.1 Å². The molecule has 1 aliphatic rings. The molecule has 1 fully saturated rings. The van der Waals surface area contributed by atoms with Crippen LogP contribution in [0.2, 0.25) is 0 Å². The molecule has 1 aromatic carbocycles. The minimum atomic E-state index is 0.684.